The summed E-state index contributed by atoms with van der Waals surface area (Å²) in [6.07, 6.45) is 7.04. The largest absolute Gasteiger partial charge is 0.130 e. The maximum Gasteiger partial charge on any atom is -0.00150 e. The molecule has 0 radical (unpaired) electrons. The molecule has 1 aliphatic carbocycles. The first kappa shape index (κ1) is 8.06. The SMILES string of the molecule is C1CSC2=C(CCCC2)SC1. The second-order valence-electron chi connectivity index (χ2n) is 3.10. The summed E-state index contributed by atoms with van der Waals surface area (Å²) in [7, 11) is 0. The minimum Gasteiger partial charge on any atom is -0.130 e. The molecule has 0 spiro atoms. The van der Waals surface area contributed by atoms with Gasteiger partial charge in [-0.1, -0.05) is 0 Å². The Morgan fingerprint density at radius 2 is 1.27 bits per heavy atom. The quantitative estimate of drug-likeness (QED) is 0.566. The molecule has 1 aliphatic heterocycles. The van der Waals surface area contributed by atoms with E-state index >= 15 is 0 Å². The third-order valence-electron chi connectivity index (χ3n) is 2.21. The zero-order chi connectivity index (χ0) is 7.52. The molecule has 11 heavy (non-hydrogen) atoms. The van der Waals surface area contributed by atoms with Gasteiger partial charge in [0.25, 0.3) is 0 Å². The van der Waals surface area contributed by atoms with Crippen LogP contribution in [0.1, 0.15) is 32.1 Å². The van der Waals surface area contributed by atoms with Crippen LogP contribution in [-0.2, 0) is 0 Å². The molecule has 0 saturated heterocycles. The summed E-state index contributed by atoms with van der Waals surface area (Å²) < 4.78 is 0. The highest BCUT2D eigenvalue weighted by atomic mass is 32.2. The van der Waals surface area contributed by atoms with Gasteiger partial charge in [-0.3, -0.25) is 0 Å². The van der Waals surface area contributed by atoms with Gasteiger partial charge in [0.1, 0.15) is 0 Å². The van der Waals surface area contributed by atoms with Crippen molar-refractivity contribution in [3.05, 3.63) is 9.81 Å². The second kappa shape index (κ2) is 3.90. The number of hydrogen-bond donors (Lipinski definition) is 0. The van der Waals surface area contributed by atoms with Gasteiger partial charge >= 0.3 is 0 Å². The minimum atomic E-state index is 1.37. The van der Waals surface area contributed by atoms with E-state index in [-0.39, 0.29) is 0 Å². The molecule has 2 aliphatic rings. The van der Waals surface area contributed by atoms with Crippen LogP contribution in [0.3, 0.4) is 0 Å². The Labute approximate surface area is 77.2 Å². The molecule has 62 valence electrons. The number of rotatable bonds is 0. The van der Waals surface area contributed by atoms with Gasteiger partial charge in [0.15, 0.2) is 0 Å². The molecule has 0 unspecified atom stereocenters. The number of thioether (sulfide) groups is 2. The standard InChI is InChI=1S/C9H14S2/c1-2-5-9-8(4-1)10-6-3-7-11-9/h1-7H2. The monoisotopic (exact) mass is 186 g/mol. The number of hydrogen-bond acceptors (Lipinski definition) is 2. The van der Waals surface area contributed by atoms with Gasteiger partial charge in [-0.05, 0) is 53.4 Å². The maximum absolute atomic E-state index is 2.13. The highest BCUT2D eigenvalue weighted by molar-refractivity contribution is 8.07. The van der Waals surface area contributed by atoms with Crippen LogP contribution in [0.4, 0.5) is 0 Å². The first-order valence-electron chi connectivity index (χ1n) is 4.44. The fourth-order valence-corrected chi connectivity index (χ4v) is 4.31. The summed E-state index contributed by atoms with van der Waals surface area (Å²) in [5.74, 6) is 2.73. The lowest BCUT2D eigenvalue weighted by Crippen LogP contribution is -1.93. The Bertz CT molecular complexity index is 154. The maximum atomic E-state index is 2.13. The van der Waals surface area contributed by atoms with Crippen molar-refractivity contribution in [1.29, 1.82) is 0 Å². The lowest BCUT2D eigenvalue weighted by atomic mass is 10.1. The molecule has 2 heteroatoms. The molecule has 0 amide bonds. The van der Waals surface area contributed by atoms with E-state index in [0.717, 1.165) is 0 Å². The minimum absolute atomic E-state index is 1.37. The lowest BCUT2D eigenvalue weighted by Gasteiger charge is -2.16. The fourth-order valence-electron chi connectivity index (χ4n) is 1.60. The summed E-state index contributed by atoms with van der Waals surface area (Å²) in [6.45, 7) is 0. The third-order valence-corrected chi connectivity index (χ3v) is 4.92. The normalized spacial score (nSPS) is 26.2. The molecule has 0 bridgehead atoms. The Morgan fingerprint density at radius 1 is 0.727 bits per heavy atom. The van der Waals surface area contributed by atoms with Crippen molar-refractivity contribution in [2.45, 2.75) is 32.1 Å². The van der Waals surface area contributed by atoms with Crippen molar-refractivity contribution in [2.24, 2.45) is 0 Å². The topological polar surface area (TPSA) is 0 Å². The molecule has 0 saturated carbocycles. The van der Waals surface area contributed by atoms with Crippen molar-refractivity contribution in [3.63, 3.8) is 0 Å². The molecule has 0 atom stereocenters. The van der Waals surface area contributed by atoms with Crippen LogP contribution in [0, 0.1) is 0 Å². The van der Waals surface area contributed by atoms with Gasteiger partial charge in [-0.2, -0.15) is 0 Å². The smallest absolute Gasteiger partial charge is 0.00150 e. The van der Waals surface area contributed by atoms with Crippen LogP contribution >= 0.6 is 23.5 Å². The zero-order valence-corrected chi connectivity index (χ0v) is 8.40. The Morgan fingerprint density at radius 3 is 1.82 bits per heavy atom. The van der Waals surface area contributed by atoms with Crippen molar-refractivity contribution in [2.75, 3.05) is 11.5 Å². The van der Waals surface area contributed by atoms with Gasteiger partial charge in [0.2, 0.25) is 0 Å². The van der Waals surface area contributed by atoms with Gasteiger partial charge in [0.05, 0.1) is 0 Å². The number of allylic oxidation sites excluding steroid dienone is 2. The Balaban J connectivity index is 2.10. The lowest BCUT2D eigenvalue weighted by molar-refractivity contribution is 0.717. The summed E-state index contributed by atoms with van der Waals surface area (Å²) >= 11 is 4.25. The van der Waals surface area contributed by atoms with Crippen LogP contribution in [0.15, 0.2) is 9.81 Å². The van der Waals surface area contributed by atoms with Gasteiger partial charge < -0.3 is 0 Å². The highest BCUT2D eigenvalue weighted by Crippen LogP contribution is 2.41. The first-order valence-corrected chi connectivity index (χ1v) is 6.41. The van der Waals surface area contributed by atoms with Gasteiger partial charge in [-0.25, -0.2) is 0 Å². The van der Waals surface area contributed by atoms with Crippen LogP contribution in [0.2, 0.25) is 0 Å². The van der Waals surface area contributed by atoms with E-state index < -0.39 is 0 Å². The van der Waals surface area contributed by atoms with Crippen molar-refractivity contribution >= 4 is 23.5 Å². The van der Waals surface area contributed by atoms with E-state index in [9.17, 15) is 0 Å². The van der Waals surface area contributed by atoms with Gasteiger partial charge in [0, 0.05) is 0 Å². The molecule has 0 aromatic rings. The predicted octanol–water partition coefficient (Wildman–Crippen LogP) is 3.64. The van der Waals surface area contributed by atoms with Crippen LogP contribution < -0.4 is 0 Å². The average molecular weight is 186 g/mol. The molecule has 0 N–H and O–H groups in total. The molecular formula is C9H14S2. The average Bonchev–Trinajstić information content (AvgIpc) is 2.28. The predicted molar refractivity (Wildman–Crippen MR) is 55.0 cm³/mol. The van der Waals surface area contributed by atoms with E-state index in [2.05, 4.69) is 23.5 Å². The van der Waals surface area contributed by atoms with Crippen molar-refractivity contribution in [1.82, 2.24) is 0 Å². The molecule has 1 heterocycles. The molecule has 0 aromatic carbocycles. The summed E-state index contributed by atoms with van der Waals surface area (Å²) in [5, 5.41) is 0. The third kappa shape index (κ3) is 1.97. The molecule has 0 fully saturated rings. The zero-order valence-electron chi connectivity index (χ0n) is 6.77. The summed E-state index contributed by atoms with van der Waals surface area (Å²) in [4.78, 5) is 3.47. The Hall–Kier alpha value is 0.440. The van der Waals surface area contributed by atoms with Crippen molar-refractivity contribution < 1.29 is 0 Å². The van der Waals surface area contributed by atoms with Crippen LogP contribution in [0.25, 0.3) is 0 Å². The Kier molecular flexibility index (Phi) is 2.86. The van der Waals surface area contributed by atoms with Gasteiger partial charge in [-0.15, -0.1) is 23.5 Å². The van der Waals surface area contributed by atoms with Crippen LogP contribution in [0.5, 0.6) is 0 Å². The molecule has 0 aromatic heterocycles. The summed E-state index contributed by atoms with van der Waals surface area (Å²) in [6, 6.07) is 0. The van der Waals surface area contributed by atoms with E-state index in [1.54, 1.807) is 9.81 Å². The molecule has 0 nitrogen and oxygen atoms in total. The molecule has 2 rings (SSSR count). The van der Waals surface area contributed by atoms with E-state index in [1.807, 2.05) is 0 Å². The summed E-state index contributed by atoms with van der Waals surface area (Å²) in [5.41, 5.74) is 0. The fraction of sp³-hybridized carbons (Fsp3) is 0.778. The highest BCUT2D eigenvalue weighted by Gasteiger charge is 2.15. The van der Waals surface area contributed by atoms with E-state index in [1.165, 1.54) is 43.6 Å². The molecular weight excluding hydrogens is 172 g/mol. The van der Waals surface area contributed by atoms with Crippen molar-refractivity contribution in [3.8, 4) is 0 Å². The first-order chi connectivity index (χ1) is 5.47. The van der Waals surface area contributed by atoms with E-state index in [0.29, 0.717) is 0 Å². The second-order valence-corrected chi connectivity index (χ2v) is 5.48. The van der Waals surface area contributed by atoms with Crippen LogP contribution in [-0.4, -0.2) is 11.5 Å². The van der Waals surface area contributed by atoms with E-state index in [4.69, 9.17) is 0 Å².